The van der Waals surface area contributed by atoms with Crippen LogP contribution in [0.1, 0.15) is 24.0 Å². The van der Waals surface area contributed by atoms with Crippen molar-refractivity contribution >= 4 is 0 Å². The van der Waals surface area contributed by atoms with Crippen molar-refractivity contribution in [3.8, 4) is 5.88 Å². The third kappa shape index (κ3) is 4.25. The average Bonchev–Trinajstić information content (AvgIpc) is 2.63. The molecule has 2 fully saturated rings. The lowest BCUT2D eigenvalue weighted by Crippen LogP contribution is -2.58. The van der Waals surface area contributed by atoms with Crippen LogP contribution in [0.25, 0.3) is 0 Å². The van der Waals surface area contributed by atoms with Gasteiger partial charge in [-0.25, -0.2) is 4.98 Å². The van der Waals surface area contributed by atoms with Gasteiger partial charge in [0.2, 0.25) is 5.88 Å². The number of piperidine rings is 1. The minimum absolute atomic E-state index is 0.0693. The number of rotatable bonds is 4. The van der Waals surface area contributed by atoms with Gasteiger partial charge in [-0.3, -0.25) is 4.90 Å². The monoisotopic (exact) mass is 378 g/mol. The minimum Gasteiger partial charge on any atom is -0.474 e. The summed E-state index contributed by atoms with van der Waals surface area (Å²) in [7, 11) is 0. The number of morpholine rings is 1. The predicted molar refractivity (Wildman–Crippen MR) is 93.3 cm³/mol. The third-order valence-corrected chi connectivity index (χ3v) is 5.19. The summed E-state index contributed by atoms with van der Waals surface area (Å²) in [5, 5.41) is 0. The Morgan fingerprint density at radius 3 is 2.33 bits per heavy atom. The van der Waals surface area contributed by atoms with E-state index in [0.29, 0.717) is 13.2 Å². The van der Waals surface area contributed by atoms with Gasteiger partial charge in [0.15, 0.2) is 0 Å². The molecule has 2 aromatic rings. The Balaban J connectivity index is 1.41. The van der Waals surface area contributed by atoms with Gasteiger partial charge in [0.1, 0.15) is 6.10 Å². The first-order chi connectivity index (χ1) is 13.0. The van der Waals surface area contributed by atoms with Crippen LogP contribution < -0.4 is 4.74 Å². The van der Waals surface area contributed by atoms with Crippen LogP contribution in [-0.2, 0) is 17.5 Å². The summed E-state index contributed by atoms with van der Waals surface area (Å²) in [6.07, 6.45) is -2.09. The molecule has 27 heavy (non-hydrogen) atoms. The summed E-state index contributed by atoms with van der Waals surface area (Å²) in [6, 6.07) is 13.1. The molecule has 0 saturated carbocycles. The van der Waals surface area contributed by atoms with Gasteiger partial charge in [-0.15, -0.1) is 0 Å². The summed E-state index contributed by atoms with van der Waals surface area (Å²) >= 11 is 0. The van der Waals surface area contributed by atoms with Gasteiger partial charge in [-0.05, 0) is 11.6 Å². The minimum atomic E-state index is -4.39. The van der Waals surface area contributed by atoms with E-state index in [1.54, 1.807) is 0 Å². The van der Waals surface area contributed by atoms with E-state index in [2.05, 4.69) is 22.0 Å². The first-order valence-corrected chi connectivity index (χ1v) is 9.06. The number of aromatic nitrogens is 1. The van der Waals surface area contributed by atoms with Gasteiger partial charge in [0.25, 0.3) is 0 Å². The number of hydrogen-bond donors (Lipinski definition) is 0. The van der Waals surface area contributed by atoms with E-state index in [1.807, 2.05) is 18.2 Å². The summed E-state index contributed by atoms with van der Waals surface area (Å²) in [6.45, 7) is 2.15. The molecule has 0 aliphatic carbocycles. The van der Waals surface area contributed by atoms with Crippen molar-refractivity contribution < 1.29 is 22.6 Å². The number of alkyl halides is 3. The highest BCUT2D eigenvalue weighted by atomic mass is 19.4. The molecule has 2 bridgehead atoms. The molecule has 0 N–H and O–H groups in total. The number of pyridine rings is 1. The van der Waals surface area contributed by atoms with Gasteiger partial charge in [0.05, 0.1) is 18.8 Å². The van der Waals surface area contributed by atoms with Crippen LogP contribution in [0.15, 0.2) is 48.7 Å². The maximum Gasteiger partial charge on any atom is 0.417 e. The number of nitrogens with zero attached hydrogens (tertiary/aromatic N) is 2. The number of ether oxygens (including phenoxy) is 2. The summed E-state index contributed by atoms with van der Waals surface area (Å²) in [5.41, 5.74) is 0.496. The van der Waals surface area contributed by atoms with Crippen molar-refractivity contribution in [1.82, 2.24) is 9.88 Å². The van der Waals surface area contributed by atoms with E-state index >= 15 is 0 Å². The van der Waals surface area contributed by atoms with E-state index in [9.17, 15) is 13.2 Å². The summed E-state index contributed by atoms with van der Waals surface area (Å²) in [5.74, 6) is 0.239. The topological polar surface area (TPSA) is 34.6 Å². The zero-order valence-corrected chi connectivity index (χ0v) is 14.7. The molecule has 3 heterocycles. The molecule has 0 unspecified atom stereocenters. The van der Waals surface area contributed by atoms with Gasteiger partial charge in [-0.2, -0.15) is 13.2 Å². The quantitative estimate of drug-likeness (QED) is 0.808. The van der Waals surface area contributed by atoms with E-state index in [0.717, 1.165) is 31.6 Å². The fourth-order valence-electron chi connectivity index (χ4n) is 3.88. The van der Waals surface area contributed by atoms with Crippen LogP contribution in [0, 0.1) is 0 Å². The number of benzene rings is 1. The van der Waals surface area contributed by atoms with Crippen LogP contribution in [0.5, 0.6) is 5.88 Å². The molecule has 0 amide bonds. The highest BCUT2D eigenvalue weighted by Gasteiger charge is 2.40. The molecule has 1 aromatic carbocycles. The molecule has 0 spiro atoms. The van der Waals surface area contributed by atoms with Gasteiger partial charge < -0.3 is 9.47 Å². The first-order valence-electron chi connectivity index (χ1n) is 9.06. The van der Waals surface area contributed by atoms with Crippen molar-refractivity contribution in [1.29, 1.82) is 0 Å². The highest BCUT2D eigenvalue weighted by Crippen LogP contribution is 2.32. The third-order valence-electron chi connectivity index (χ3n) is 5.19. The normalized spacial score (nSPS) is 26.0. The van der Waals surface area contributed by atoms with Gasteiger partial charge in [-0.1, -0.05) is 30.3 Å². The van der Waals surface area contributed by atoms with Gasteiger partial charge in [0, 0.05) is 43.7 Å². The predicted octanol–water partition coefficient (Wildman–Crippen LogP) is 3.91. The molecule has 3 atom stereocenters. The molecular weight excluding hydrogens is 357 g/mol. The molecule has 1 aromatic heterocycles. The van der Waals surface area contributed by atoms with Crippen LogP contribution in [-0.4, -0.2) is 41.3 Å². The zero-order valence-electron chi connectivity index (χ0n) is 14.7. The van der Waals surface area contributed by atoms with Crippen molar-refractivity contribution in [3.05, 3.63) is 59.8 Å². The highest BCUT2D eigenvalue weighted by molar-refractivity contribution is 5.20. The van der Waals surface area contributed by atoms with Crippen LogP contribution in [0.3, 0.4) is 0 Å². The molecule has 2 saturated heterocycles. The molecule has 0 radical (unpaired) electrons. The fraction of sp³-hybridized carbons (Fsp3) is 0.450. The van der Waals surface area contributed by atoms with Crippen LogP contribution >= 0.6 is 0 Å². The Labute approximate surface area is 155 Å². The lowest BCUT2D eigenvalue weighted by molar-refractivity contribution is -0.137. The lowest BCUT2D eigenvalue weighted by atomic mass is 9.91. The SMILES string of the molecule is FC(F)(F)c1ccc(O[C@H]2C[C@H]3COC[C@@H](C2)N3Cc2ccccc2)nc1. The second-order valence-electron chi connectivity index (χ2n) is 7.10. The van der Waals surface area contributed by atoms with Crippen molar-refractivity contribution in [2.45, 2.75) is 43.8 Å². The van der Waals surface area contributed by atoms with E-state index in [-0.39, 0.29) is 24.1 Å². The molecule has 7 heteroatoms. The maximum atomic E-state index is 12.7. The summed E-state index contributed by atoms with van der Waals surface area (Å²) < 4.78 is 49.6. The number of fused-ring (bicyclic) bond motifs is 2. The Morgan fingerprint density at radius 2 is 1.74 bits per heavy atom. The smallest absolute Gasteiger partial charge is 0.417 e. The number of halogens is 3. The van der Waals surface area contributed by atoms with Crippen molar-refractivity contribution in [2.75, 3.05) is 13.2 Å². The molecule has 4 rings (SSSR count). The van der Waals surface area contributed by atoms with Crippen LogP contribution in [0.2, 0.25) is 0 Å². The Bertz CT molecular complexity index is 738. The van der Waals surface area contributed by atoms with Crippen molar-refractivity contribution in [3.63, 3.8) is 0 Å². The molecule has 144 valence electrons. The van der Waals surface area contributed by atoms with E-state index in [1.165, 1.54) is 11.6 Å². The Kier molecular flexibility index (Phi) is 5.06. The zero-order chi connectivity index (χ0) is 18.9. The summed E-state index contributed by atoms with van der Waals surface area (Å²) in [4.78, 5) is 6.29. The first kappa shape index (κ1) is 18.3. The van der Waals surface area contributed by atoms with Crippen LogP contribution in [0.4, 0.5) is 13.2 Å². The Hall–Kier alpha value is -2.12. The fourth-order valence-corrected chi connectivity index (χ4v) is 3.88. The second-order valence-corrected chi connectivity index (χ2v) is 7.10. The lowest BCUT2D eigenvalue weighted by Gasteiger charge is -2.48. The Morgan fingerprint density at radius 1 is 1.04 bits per heavy atom. The average molecular weight is 378 g/mol. The standard InChI is InChI=1S/C20H21F3N2O2/c21-20(22,23)15-6-7-19(24-10-15)27-18-8-16-12-26-13-17(9-18)25(16)11-14-4-2-1-3-5-14/h1-7,10,16-18H,8-9,11-13H2/t16-,17+,18-. The van der Waals surface area contributed by atoms with Gasteiger partial charge >= 0.3 is 6.18 Å². The van der Waals surface area contributed by atoms with E-state index < -0.39 is 11.7 Å². The second kappa shape index (κ2) is 7.48. The molecule has 2 aliphatic rings. The number of hydrogen-bond acceptors (Lipinski definition) is 4. The molecule has 4 nitrogen and oxygen atoms in total. The largest absolute Gasteiger partial charge is 0.474 e. The van der Waals surface area contributed by atoms with E-state index in [4.69, 9.17) is 9.47 Å². The molecule has 2 aliphatic heterocycles. The van der Waals surface area contributed by atoms with Crippen molar-refractivity contribution in [2.24, 2.45) is 0 Å². The molecular formula is C20H21F3N2O2. The maximum absolute atomic E-state index is 12.7.